The Hall–Kier alpha value is -2.09. The average Bonchev–Trinajstić information content (AvgIpc) is 3.14. The minimum absolute atomic E-state index is 0.102. The number of hydrogen-bond donors (Lipinski definition) is 0. The Balaban J connectivity index is 2.32. The first kappa shape index (κ1) is 14.8. The maximum atomic E-state index is 12.6. The molecule has 0 aromatic heterocycles. The SMILES string of the molecule is COC(=O)C1=C(OC)N2CCCC23C(=O)COC13C(=O)OC. The van der Waals surface area contributed by atoms with Gasteiger partial charge in [0.05, 0.1) is 21.3 Å². The molecule has 120 valence electrons. The molecule has 3 heterocycles. The monoisotopic (exact) mass is 311 g/mol. The Kier molecular flexibility index (Phi) is 3.17. The van der Waals surface area contributed by atoms with E-state index in [1.54, 1.807) is 4.90 Å². The molecule has 0 aromatic carbocycles. The third kappa shape index (κ3) is 1.34. The predicted octanol–water partition coefficient (Wildman–Crippen LogP) is -0.623. The molecule has 3 rings (SSSR count). The zero-order chi connectivity index (χ0) is 16.1. The van der Waals surface area contributed by atoms with E-state index in [1.807, 2.05) is 0 Å². The topological polar surface area (TPSA) is 91.4 Å². The summed E-state index contributed by atoms with van der Waals surface area (Å²) in [5.41, 5.74) is -3.21. The third-order valence-electron chi connectivity index (χ3n) is 4.71. The van der Waals surface area contributed by atoms with Crippen LogP contribution in [-0.2, 0) is 33.3 Å². The Bertz CT molecular complexity index is 598. The average molecular weight is 311 g/mol. The molecule has 1 spiro atoms. The number of esters is 2. The fourth-order valence-corrected chi connectivity index (χ4v) is 3.94. The van der Waals surface area contributed by atoms with Gasteiger partial charge >= 0.3 is 11.9 Å². The molecule has 0 aliphatic carbocycles. The highest BCUT2D eigenvalue weighted by Crippen LogP contribution is 2.57. The van der Waals surface area contributed by atoms with Crippen molar-refractivity contribution in [1.29, 1.82) is 0 Å². The fourth-order valence-electron chi connectivity index (χ4n) is 3.94. The van der Waals surface area contributed by atoms with Gasteiger partial charge in [-0.25, -0.2) is 9.59 Å². The summed E-state index contributed by atoms with van der Waals surface area (Å²) in [4.78, 5) is 39.1. The number of ketones is 1. The van der Waals surface area contributed by atoms with Crippen LogP contribution in [0.5, 0.6) is 0 Å². The molecular weight excluding hydrogens is 294 g/mol. The van der Waals surface area contributed by atoms with Crippen LogP contribution in [0.4, 0.5) is 0 Å². The number of Topliss-reactive ketones (excluding diaryl/α,β-unsaturated/α-hetero) is 1. The largest absolute Gasteiger partial charge is 0.482 e. The lowest BCUT2D eigenvalue weighted by atomic mass is 9.75. The van der Waals surface area contributed by atoms with Gasteiger partial charge in [-0.2, -0.15) is 0 Å². The molecule has 3 aliphatic rings. The van der Waals surface area contributed by atoms with E-state index in [4.69, 9.17) is 18.9 Å². The minimum Gasteiger partial charge on any atom is -0.482 e. The molecule has 0 radical (unpaired) electrons. The van der Waals surface area contributed by atoms with Gasteiger partial charge in [0.2, 0.25) is 11.5 Å². The summed E-state index contributed by atoms with van der Waals surface area (Å²) in [6.45, 7) is 0.223. The van der Waals surface area contributed by atoms with Crippen molar-refractivity contribution in [2.45, 2.75) is 24.0 Å². The van der Waals surface area contributed by atoms with Gasteiger partial charge in [0.1, 0.15) is 17.7 Å². The maximum absolute atomic E-state index is 12.6. The zero-order valence-corrected chi connectivity index (χ0v) is 12.6. The molecule has 0 amide bonds. The summed E-state index contributed by atoms with van der Waals surface area (Å²) in [7, 11) is 3.76. The first-order chi connectivity index (χ1) is 10.5. The van der Waals surface area contributed by atoms with Crippen LogP contribution in [0.2, 0.25) is 0 Å². The molecule has 0 aromatic rings. The molecule has 8 nitrogen and oxygen atoms in total. The highest BCUT2D eigenvalue weighted by atomic mass is 16.6. The lowest BCUT2D eigenvalue weighted by Gasteiger charge is -2.37. The second-order valence-electron chi connectivity index (χ2n) is 5.38. The van der Waals surface area contributed by atoms with Crippen LogP contribution in [0.25, 0.3) is 0 Å². The van der Waals surface area contributed by atoms with Crippen molar-refractivity contribution in [3.05, 3.63) is 11.5 Å². The van der Waals surface area contributed by atoms with Crippen molar-refractivity contribution < 1.29 is 33.3 Å². The van der Waals surface area contributed by atoms with Gasteiger partial charge in [-0.15, -0.1) is 0 Å². The van der Waals surface area contributed by atoms with Crippen LogP contribution < -0.4 is 0 Å². The van der Waals surface area contributed by atoms with Crippen LogP contribution in [-0.4, -0.2) is 68.2 Å². The number of hydrogen-bond acceptors (Lipinski definition) is 8. The number of ether oxygens (including phenoxy) is 4. The molecule has 2 saturated heterocycles. The van der Waals surface area contributed by atoms with Crippen molar-refractivity contribution in [1.82, 2.24) is 4.90 Å². The minimum atomic E-state index is -1.83. The summed E-state index contributed by atoms with van der Waals surface area (Å²) in [6, 6.07) is 0. The number of carbonyl (C=O) groups is 3. The summed E-state index contributed by atoms with van der Waals surface area (Å²) in [6.07, 6.45) is 1.06. The quantitative estimate of drug-likeness (QED) is 0.637. The highest BCUT2D eigenvalue weighted by molar-refractivity contribution is 6.11. The van der Waals surface area contributed by atoms with Gasteiger partial charge in [0, 0.05) is 6.54 Å². The van der Waals surface area contributed by atoms with E-state index in [0.717, 1.165) is 0 Å². The standard InChI is InChI=1S/C14H17NO7/c1-19-10-9(11(17)20-2)14(12(18)21-3)13(8(16)7-22-14)5-4-6-15(10)13/h4-7H2,1-3H3. The number of nitrogens with zero attached hydrogens (tertiary/aromatic N) is 1. The molecule has 0 saturated carbocycles. The molecular formula is C14H17NO7. The molecule has 0 N–H and O–H groups in total. The summed E-state index contributed by atoms with van der Waals surface area (Å²) >= 11 is 0. The summed E-state index contributed by atoms with van der Waals surface area (Å²) in [5.74, 6) is -1.69. The van der Waals surface area contributed by atoms with Crippen molar-refractivity contribution in [2.75, 3.05) is 34.5 Å². The molecule has 0 bridgehead atoms. The van der Waals surface area contributed by atoms with Crippen LogP contribution in [0.1, 0.15) is 12.8 Å². The summed E-state index contributed by atoms with van der Waals surface area (Å²) < 4.78 is 20.6. The van der Waals surface area contributed by atoms with E-state index in [9.17, 15) is 14.4 Å². The lowest BCUT2D eigenvalue weighted by Crippen LogP contribution is -2.62. The third-order valence-corrected chi connectivity index (χ3v) is 4.71. The molecule has 22 heavy (non-hydrogen) atoms. The van der Waals surface area contributed by atoms with E-state index in [1.165, 1.54) is 21.3 Å². The molecule has 8 heteroatoms. The van der Waals surface area contributed by atoms with Gasteiger partial charge in [-0.1, -0.05) is 0 Å². The van der Waals surface area contributed by atoms with Crippen molar-refractivity contribution >= 4 is 17.7 Å². The fraction of sp³-hybridized carbons (Fsp3) is 0.643. The van der Waals surface area contributed by atoms with Crippen molar-refractivity contribution in [3.63, 3.8) is 0 Å². The van der Waals surface area contributed by atoms with Gasteiger partial charge < -0.3 is 23.8 Å². The maximum Gasteiger partial charge on any atom is 0.346 e. The first-order valence-corrected chi connectivity index (χ1v) is 6.91. The van der Waals surface area contributed by atoms with Crippen molar-refractivity contribution in [2.24, 2.45) is 0 Å². The number of rotatable bonds is 3. The van der Waals surface area contributed by atoms with Gasteiger partial charge in [0.15, 0.2) is 5.78 Å². The Morgan fingerprint density at radius 1 is 1.23 bits per heavy atom. The predicted molar refractivity (Wildman–Crippen MR) is 70.4 cm³/mol. The van der Waals surface area contributed by atoms with Gasteiger partial charge in [-0.3, -0.25) is 4.79 Å². The van der Waals surface area contributed by atoms with E-state index < -0.39 is 23.1 Å². The Morgan fingerprint density at radius 2 is 1.95 bits per heavy atom. The van der Waals surface area contributed by atoms with Crippen LogP contribution in [0.3, 0.4) is 0 Å². The second-order valence-corrected chi connectivity index (χ2v) is 5.38. The normalized spacial score (nSPS) is 32.9. The lowest BCUT2D eigenvalue weighted by molar-refractivity contribution is -0.169. The zero-order valence-electron chi connectivity index (χ0n) is 12.6. The van der Waals surface area contributed by atoms with Gasteiger partial charge in [0.25, 0.3) is 0 Å². The van der Waals surface area contributed by atoms with Crippen LogP contribution in [0.15, 0.2) is 11.5 Å². The highest BCUT2D eigenvalue weighted by Gasteiger charge is 2.79. The number of carbonyl (C=O) groups excluding carboxylic acids is 3. The van der Waals surface area contributed by atoms with E-state index >= 15 is 0 Å². The molecule has 2 fully saturated rings. The van der Waals surface area contributed by atoms with Crippen LogP contribution >= 0.6 is 0 Å². The van der Waals surface area contributed by atoms with Crippen LogP contribution in [0, 0.1) is 0 Å². The Labute approximate surface area is 126 Å². The summed E-state index contributed by atoms with van der Waals surface area (Å²) in [5, 5.41) is 0. The van der Waals surface area contributed by atoms with Crippen molar-refractivity contribution in [3.8, 4) is 0 Å². The molecule has 2 unspecified atom stereocenters. The van der Waals surface area contributed by atoms with E-state index in [-0.39, 0.29) is 23.8 Å². The Morgan fingerprint density at radius 3 is 2.55 bits per heavy atom. The molecule has 2 atom stereocenters. The number of methoxy groups -OCH3 is 3. The van der Waals surface area contributed by atoms with E-state index in [0.29, 0.717) is 19.4 Å². The second kappa shape index (κ2) is 4.70. The van der Waals surface area contributed by atoms with E-state index in [2.05, 4.69) is 0 Å². The van der Waals surface area contributed by atoms with Gasteiger partial charge in [-0.05, 0) is 12.8 Å². The smallest absolute Gasteiger partial charge is 0.346 e. The first-order valence-electron chi connectivity index (χ1n) is 6.91. The molecule has 3 aliphatic heterocycles.